The molecule has 0 bridgehead atoms. The van der Waals surface area contributed by atoms with Crippen molar-refractivity contribution in [2.24, 2.45) is 0 Å². The quantitative estimate of drug-likeness (QED) is 0.0597. The van der Waals surface area contributed by atoms with Crippen molar-refractivity contribution >= 4 is 42.2 Å². The molecule has 0 atom stereocenters. The van der Waals surface area contributed by atoms with Crippen molar-refractivity contribution in [1.29, 1.82) is 0 Å². The average molecular weight is 960 g/mol. The molecule has 4 aliphatic rings. The SMILES string of the molecule is CCCCCCCCc1ccc(N(c2ccc(CCCCCCCC)cc2)c2ccc3c(c2)C2(c4ccccc4-3)c3cc(B4OC(C)(C)C(C)(C)O4)ccc3-c3ccc(B4OC(C)(C)C(C)(C)O4)cc32)cc1. The van der Waals surface area contributed by atoms with Crippen LogP contribution in [0.15, 0.2) is 127 Å². The Labute approximate surface area is 433 Å². The molecule has 2 aliphatic carbocycles. The molecule has 10 rings (SSSR count). The van der Waals surface area contributed by atoms with Crippen LogP contribution >= 0.6 is 0 Å². The second kappa shape index (κ2) is 20.1. The smallest absolute Gasteiger partial charge is 0.399 e. The minimum Gasteiger partial charge on any atom is -0.399 e. The van der Waals surface area contributed by atoms with Gasteiger partial charge in [0, 0.05) is 17.1 Å². The van der Waals surface area contributed by atoms with Crippen LogP contribution in [0.5, 0.6) is 0 Å². The van der Waals surface area contributed by atoms with Crippen LogP contribution in [0.2, 0.25) is 0 Å². The molecule has 72 heavy (non-hydrogen) atoms. The average Bonchev–Trinajstić information content (AvgIpc) is 3.98. The zero-order valence-electron chi connectivity index (χ0n) is 45.3. The Kier molecular flexibility index (Phi) is 14.1. The predicted molar refractivity (Wildman–Crippen MR) is 303 cm³/mol. The van der Waals surface area contributed by atoms with Crippen molar-refractivity contribution in [3.05, 3.63) is 161 Å². The van der Waals surface area contributed by atoms with E-state index >= 15 is 0 Å². The lowest BCUT2D eigenvalue weighted by atomic mass is 9.67. The van der Waals surface area contributed by atoms with Gasteiger partial charge in [0.15, 0.2) is 0 Å². The van der Waals surface area contributed by atoms with Gasteiger partial charge in [-0.3, -0.25) is 0 Å². The lowest BCUT2D eigenvalue weighted by Crippen LogP contribution is -2.41. The highest BCUT2D eigenvalue weighted by molar-refractivity contribution is 6.62. The van der Waals surface area contributed by atoms with Crippen molar-refractivity contribution in [2.75, 3.05) is 4.90 Å². The van der Waals surface area contributed by atoms with Gasteiger partial charge in [0.2, 0.25) is 0 Å². The van der Waals surface area contributed by atoms with Gasteiger partial charge in [-0.05, 0) is 184 Å². The summed E-state index contributed by atoms with van der Waals surface area (Å²) < 4.78 is 27.2. The van der Waals surface area contributed by atoms with Crippen LogP contribution in [0, 0.1) is 0 Å². The Balaban J connectivity index is 1.11. The zero-order chi connectivity index (χ0) is 50.5. The third kappa shape index (κ3) is 9.13. The van der Waals surface area contributed by atoms with E-state index in [1.807, 2.05) is 0 Å². The first-order chi connectivity index (χ1) is 34.6. The fourth-order valence-corrected chi connectivity index (χ4v) is 11.9. The summed E-state index contributed by atoms with van der Waals surface area (Å²) in [6.45, 7) is 21.7. The molecule has 2 heterocycles. The molecular weight excluding hydrogens is 880 g/mol. The Morgan fingerprint density at radius 2 is 0.722 bits per heavy atom. The van der Waals surface area contributed by atoms with Crippen molar-refractivity contribution in [3.8, 4) is 22.3 Å². The summed E-state index contributed by atoms with van der Waals surface area (Å²) in [6.07, 6.45) is 17.8. The number of hydrogen-bond acceptors (Lipinski definition) is 5. The molecule has 0 unspecified atom stereocenters. The normalized spacial score (nSPS) is 18.1. The summed E-state index contributed by atoms with van der Waals surface area (Å²) in [7, 11) is -1.01. The van der Waals surface area contributed by atoms with Crippen LogP contribution in [0.1, 0.15) is 180 Å². The first-order valence-corrected chi connectivity index (χ1v) is 27.8. The fourth-order valence-electron chi connectivity index (χ4n) is 11.9. The molecule has 6 aromatic rings. The molecule has 7 heteroatoms. The van der Waals surface area contributed by atoms with Crippen molar-refractivity contribution in [2.45, 2.75) is 187 Å². The summed E-state index contributed by atoms with van der Waals surface area (Å²) in [6, 6.07) is 49.0. The van der Waals surface area contributed by atoms with Gasteiger partial charge < -0.3 is 23.5 Å². The Bertz CT molecular complexity index is 2710. The van der Waals surface area contributed by atoms with Crippen LogP contribution < -0.4 is 15.8 Å². The highest BCUT2D eigenvalue weighted by atomic mass is 16.7. The Morgan fingerprint density at radius 3 is 1.17 bits per heavy atom. The monoisotopic (exact) mass is 960 g/mol. The largest absolute Gasteiger partial charge is 0.494 e. The van der Waals surface area contributed by atoms with E-state index in [0.29, 0.717) is 0 Å². The van der Waals surface area contributed by atoms with Crippen LogP contribution in [-0.2, 0) is 36.9 Å². The standard InChI is InChI=1S/C65H79B2NO4/c1-11-13-15-17-19-21-25-46-29-35-50(36-30-46)68(51-37-31-47(32-38-51)26-22-20-18-16-14-12-2)52-39-42-56-53-27-23-24-28-57(53)65(60(56)45-52)58-43-48(66-69-61(3,4)62(5,6)70-66)33-40-54(58)55-41-34-49(44-59(55)65)67-71-63(7,8)64(9,10)72-67/h23-24,27-45H,11-22,25-26H2,1-10H3. The molecule has 0 radical (unpaired) electrons. The maximum Gasteiger partial charge on any atom is 0.494 e. The van der Waals surface area contributed by atoms with Crippen LogP contribution in [0.4, 0.5) is 17.1 Å². The highest BCUT2D eigenvalue weighted by Crippen LogP contribution is 2.63. The van der Waals surface area contributed by atoms with E-state index in [0.717, 1.165) is 40.8 Å². The zero-order valence-corrected chi connectivity index (χ0v) is 45.3. The lowest BCUT2D eigenvalue weighted by molar-refractivity contribution is 0.00578. The number of unbranched alkanes of at least 4 members (excludes halogenated alkanes) is 10. The third-order valence-corrected chi connectivity index (χ3v) is 17.5. The highest BCUT2D eigenvalue weighted by Gasteiger charge is 2.56. The maximum atomic E-state index is 6.79. The van der Waals surface area contributed by atoms with Gasteiger partial charge in [-0.15, -0.1) is 0 Å². The minimum absolute atomic E-state index is 0.473. The van der Waals surface area contributed by atoms with Crippen LogP contribution in [0.3, 0.4) is 0 Å². The Hall–Kier alpha value is -4.91. The van der Waals surface area contributed by atoms with E-state index in [9.17, 15) is 0 Å². The summed E-state index contributed by atoms with van der Waals surface area (Å²) in [5, 5.41) is 0. The van der Waals surface area contributed by atoms with Gasteiger partial charge in [-0.1, -0.05) is 169 Å². The first kappa shape index (κ1) is 50.6. The van der Waals surface area contributed by atoms with E-state index in [4.69, 9.17) is 18.6 Å². The summed E-state index contributed by atoms with van der Waals surface area (Å²) in [4.78, 5) is 2.48. The minimum atomic E-state index is -0.667. The molecule has 374 valence electrons. The molecule has 0 saturated carbocycles. The van der Waals surface area contributed by atoms with Crippen molar-refractivity contribution in [3.63, 3.8) is 0 Å². The van der Waals surface area contributed by atoms with Crippen molar-refractivity contribution < 1.29 is 18.6 Å². The van der Waals surface area contributed by atoms with E-state index in [-0.39, 0.29) is 0 Å². The molecule has 2 aliphatic heterocycles. The van der Waals surface area contributed by atoms with Gasteiger partial charge in [0.25, 0.3) is 0 Å². The van der Waals surface area contributed by atoms with Gasteiger partial charge >= 0.3 is 14.2 Å². The number of nitrogens with zero attached hydrogens (tertiary/aromatic N) is 1. The summed E-state index contributed by atoms with van der Waals surface area (Å²) in [5.41, 5.74) is 15.7. The second-order valence-electron chi connectivity index (χ2n) is 23.5. The molecule has 6 aromatic carbocycles. The van der Waals surface area contributed by atoms with Crippen LogP contribution in [0.25, 0.3) is 22.3 Å². The predicted octanol–water partition coefficient (Wildman–Crippen LogP) is 15.9. The number of hydrogen-bond donors (Lipinski definition) is 0. The lowest BCUT2D eigenvalue weighted by Gasteiger charge is -2.33. The van der Waals surface area contributed by atoms with E-state index < -0.39 is 42.1 Å². The van der Waals surface area contributed by atoms with Gasteiger partial charge in [-0.2, -0.15) is 0 Å². The summed E-state index contributed by atoms with van der Waals surface area (Å²) in [5.74, 6) is 0. The number of benzene rings is 6. The molecule has 1 spiro atoms. The molecule has 0 N–H and O–H groups in total. The van der Waals surface area contributed by atoms with Gasteiger partial charge in [0.1, 0.15) is 0 Å². The van der Waals surface area contributed by atoms with Crippen molar-refractivity contribution in [1.82, 2.24) is 0 Å². The topological polar surface area (TPSA) is 40.2 Å². The number of fused-ring (bicyclic) bond motifs is 10. The third-order valence-electron chi connectivity index (χ3n) is 17.5. The van der Waals surface area contributed by atoms with E-state index in [2.05, 4.69) is 202 Å². The maximum absolute atomic E-state index is 6.79. The van der Waals surface area contributed by atoms with Gasteiger partial charge in [0.05, 0.1) is 27.8 Å². The fraction of sp³-hybridized carbons (Fsp3) is 0.446. The van der Waals surface area contributed by atoms with E-state index in [1.165, 1.54) is 133 Å². The molecule has 0 amide bonds. The van der Waals surface area contributed by atoms with Gasteiger partial charge in [-0.25, -0.2) is 0 Å². The Morgan fingerprint density at radius 1 is 0.361 bits per heavy atom. The van der Waals surface area contributed by atoms with E-state index in [1.54, 1.807) is 0 Å². The summed E-state index contributed by atoms with van der Waals surface area (Å²) >= 11 is 0. The molecule has 2 fully saturated rings. The molecule has 0 aromatic heterocycles. The number of anilines is 3. The second-order valence-corrected chi connectivity index (χ2v) is 23.5. The number of rotatable bonds is 19. The molecule has 2 saturated heterocycles. The molecular formula is C65H79B2NO4. The number of aryl methyl sites for hydroxylation is 2. The van der Waals surface area contributed by atoms with Crippen LogP contribution in [-0.4, -0.2) is 36.6 Å². The first-order valence-electron chi connectivity index (χ1n) is 27.8. The molecule has 5 nitrogen and oxygen atoms in total.